The van der Waals surface area contributed by atoms with Gasteiger partial charge >= 0.3 is 0 Å². The van der Waals surface area contributed by atoms with Gasteiger partial charge in [-0.2, -0.15) is 0 Å². The Bertz CT molecular complexity index is 857. The van der Waals surface area contributed by atoms with Gasteiger partial charge < -0.3 is 15.0 Å². The lowest BCUT2D eigenvalue weighted by atomic mass is 10.1. The maximum absolute atomic E-state index is 10.1. The number of hydrogen-bond acceptors (Lipinski definition) is 3. The quantitative estimate of drug-likeness (QED) is 0.665. The Hall–Kier alpha value is -2.46. The minimum absolute atomic E-state index is 0.144. The van der Waals surface area contributed by atoms with Gasteiger partial charge in [0.1, 0.15) is 5.75 Å². The van der Waals surface area contributed by atoms with Gasteiger partial charge in [-0.05, 0) is 37.3 Å². The number of aromatic hydroxyl groups is 1. The van der Waals surface area contributed by atoms with Crippen LogP contribution in [0.25, 0.3) is 11.0 Å². The number of anilines is 1. The maximum atomic E-state index is 10.1. The van der Waals surface area contributed by atoms with E-state index in [9.17, 15) is 5.11 Å². The summed E-state index contributed by atoms with van der Waals surface area (Å²) in [5, 5.41) is 14.0. The molecule has 3 aromatic rings. The molecule has 0 spiro atoms. The fraction of sp³-hybridized carbons (Fsp3) is 0.167. The molecule has 2 N–H and O–H groups in total. The van der Waals surface area contributed by atoms with Crippen LogP contribution in [0, 0.1) is 0 Å². The molecule has 1 atom stereocenters. The summed E-state index contributed by atoms with van der Waals surface area (Å²) in [6.07, 6.45) is 1.83. The third-order valence-electron chi connectivity index (χ3n) is 3.77. The van der Waals surface area contributed by atoms with Gasteiger partial charge in [-0.25, -0.2) is 4.98 Å². The number of phenols is 1. The number of aromatic nitrogens is 2. The largest absolute Gasteiger partial charge is 0.508 e. The molecule has 1 heterocycles. The van der Waals surface area contributed by atoms with Crippen LogP contribution in [0.4, 0.5) is 5.95 Å². The van der Waals surface area contributed by atoms with Crippen LogP contribution >= 0.6 is 11.6 Å². The van der Waals surface area contributed by atoms with Crippen molar-refractivity contribution in [3.05, 3.63) is 65.7 Å². The number of nitrogens with zero attached hydrogens (tertiary/aromatic N) is 2. The van der Waals surface area contributed by atoms with Gasteiger partial charge in [0.05, 0.1) is 17.1 Å². The Morgan fingerprint density at radius 1 is 1.35 bits per heavy atom. The average Bonchev–Trinajstić information content (AvgIpc) is 2.88. The predicted molar refractivity (Wildman–Crippen MR) is 95.1 cm³/mol. The average molecular weight is 328 g/mol. The molecule has 23 heavy (non-hydrogen) atoms. The molecule has 0 aliphatic heterocycles. The molecule has 0 aliphatic carbocycles. The molecule has 0 saturated carbocycles. The van der Waals surface area contributed by atoms with Gasteiger partial charge in [0.15, 0.2) is 0 Å². The fourth-order valence-electron chi connectivity index (χ4n) is 2.64. The van der Waals surface area contributed by atoms with Gasteiger partial charge in [0, 0.05) is 17.1 Å². The highest BCUT2D eigenvalue weighted by Gasteiger charge is 2.15. The third kappa shape index (κ3) is 3.03. The topological polar surface area (TPSA) is 50.1 Å². The number of benzene rings is 2. The van der Waals surface area contributed by atoms with Crippen molar-refractivity contribution in [3.8, 4) is 5.75 Å². The normalized spacial score (nSPS) is 12.3. The van der Waals surface area contributed by atoms with Crippen LogP contribution in [-0.4, -0.2) is 14.7 Å². The summed E-state index contributed by atoms with van der Waals surface area (Å²) < 4.78 is 2.06. The van der Waals surface area contributed by atoms with Gasteiger partial charge in [-0.15, -0.1) is 6.58 Å². The number of halogens is 1. The third-order valence-corrected chi connectivity index (χ3v) is 4.00. The van der Waals surface area contributed by atoms with E-state index in [0.717, 1.165) is 22.5 Å². The summed E-state index contributed by atoms with van der Waals surface area (Å²) in [4.78, 5) is 4.64. The minimum atomic E-state index is -0.144. The Morgan fingerprint density at radius 2 is 2.13 bits per heavy atom. The number of hydrogen-bond donors (Lipinski definition) is 2. The highest BCUT2D eigenvalue weighted by Crippen LogP contribution is 2.30. The first-order valence-corrected chi connectivity index (χ1v) is 7.79. The molecule has 0 fully saturated rings. The number of imidazole rings is 1. The molecule has 4 nitrogen and oxygen atoms in total. The number of phenolic OH excluding ortho intramolecular Hbond substituents is 1. The van der Waals surface area contributed by atoms with Crippen LogP contribution in [0.2, 0.25) is 5.02 Å². The zero-order valence-corrected chi connectivity index (χ0v) is 13.6. The molecule has 0 aliphatic rings. The molecule has 118 valence electrons. The number of nitrogens with one attached hydrogen (secondary N) is 1. The lowest BCUT2D eigenvalue weighted by Gasteiger charge is -2.17. The van der Waals surface area contributed by atoms with Crippen LogP contribution in [0.5, 0.6) is 5.75 Å². The fourth-order valence-corrected chi connectivity index (χ4v) is 2.82. The first-order valence-electron chi connectivity index (χ1n) is 7.41. The van der Waals surface area contributed by atoms with E-state index in [4.69, 9.17) is 11.6 Å². The SMILES string of the molecule is C=CCn1c(N[C@H](C)c2cc(Cl)ccc2O)nc2ccccc21. The summed E-state index contributed by atoms with van der Waals surface area (Å²) in [6.45, 7) is 6.42. The van der Waals surface area contributed by atoms with Crippen LogP contribution in [-0.2, 0) is 6.54 Å². The summed E-state index contributed by atoms with van der Waals surface area (Å²) in [5.41, 5.74) is 2.69. The molecule has 0 radical (unpaired) electrons. The van der Waals surface area contributed by atoms with Crippen molar-refractivity contribution in [2.24, 2.45) is 0 Å². The Morgan fingerprint density at radius 3 is 2.91 bits per heavy atom. The van der Waals surface area contributed by atoms with E-state index in [1.807, 2.05) is 37.3 Å². The van der Waals surface area contributed by atoms with E-state index in [-0.39, 0.29) is 11.8 Å². The molecule has 5 heteroatoms. The molecular weight excluding hydrogens is 310 g/mol. The summed E-state index contributed by atoms with van der Waals surface area (Å²) in [5.74, 6) is 0.943. The van der Waals surface area contributed by atoms with E-state index < -0.39 is 0 Å². The van der Waals surface area contributed by atoms with Crippen molar-refractivity contribution in [1.82, 2.24) is 9.55 Å². The van der Waals surface area contributed by atoms with Gasteiger partial charge in [-0.3, -0.25) is 0 Å². The van der Waals surface area contributed by atoms with E-state index in [2.05, 4.69) is 21.4 Å². The van der Waals surface area contributed by atoms with E-state index in [0.29, 0.717) is 11.6 Å². The van der Waals surface area contributed by atoms with Gasteiger partial charge in [0.25, 0.3) is 0 Å². The van der Waals surface area contributed by atoms with E-state index >= 15 is 0 Å². The smallest absolute Gasteiger partial charge is 0.204 e. The van der Waals surface area contributed by atoms with Crippen molar-refractivity contribution >= 4 is 28.6 Å². The lowest BCUT2D eigenvalue weighted by molar-refractivity contribution is 0.465. The van der Waals surface area contributed by atoms with E-state index in [1.54, 1.807) is 18.2 Å². The standard InChI is InChI=1S/C18H18ClN3O/c1-3-10-22-16-7-5-4-6-15(16)21-18(22)20-12(2)14-11-13(19)8-9-17(14)23/h3-9,11-12,23H,1,10H2,2H3,(H,20,21)/t12-/m1/s1. The van der Waals surface area contributed by atoms with Crippen LogP contribution in [0.3, 0.4) is 0 Å². The molecule has 3 rings (SSSR count). The van der Waals surface area contributed by atoms with Crippen molar-refractivity contribution in [2.45, 2.75) is 19.5 Å². The van der Waals surface area contributed by atoms with Gasteiger partial charge in [0.2, 0.25) is 5.95 Å². The number of fused-ring (bicyclic) bond motifs is 1. The lowest BCUT2D eigenvalue weighted by Crippen LogP contribution is -2.12. The Labute approximate surface area is 140 Å². The van der Waals surface area contributed by atoms with Crippen molar-refractivity contribution in [1.29, 1.82) is 0 Å². The summed E-state index contributed by atoms with van der Waals surface area (Å²) in [7, 11) is 0. The first-order chi connectivity index (χ1) is 11.1. The monoisotopic (exact) mass is 327 g/mol. The second-order valence-electron chi connectivity index (χ2n) is 5.39. The highest BCUT2D eigenvalue weighted by molar-refractivity contribution is 6.30. The first kappa shape index (κ1) is 15.4. The number of para-hydroxylation sites is 2. The molecular formula is C18H18ClN3O. The molecule has 0 saturated heterocycles. The van der Waals surface area contributed by atoms with Crippen molar-refractivity contribution in [2.75, 3.05) is 5.32 Å². The summed E-state index contributed by atoms with van der Waals surface area (Å²) >= 11 is 6.04. The Balaban J connectivity index is 1.98. The van der Waals surface area contributed by atoms with Crippen LogP contribution < -0.4 is 5.32 Å². The van der Waals surface area contributed by atoms with Crippen molar-refractivity contribution in [3.63, 3.8) is 0 Å². The van der Waals surface area contributed by atoms with Crippen LogP contribution in [0.1, 0.15) is 18.5 Å². The maximum Gasteiger partial charge on any atom is 0.204 e. The zero-order chi connectivity index (χ0) is 16.4. The molecule has 0 amide bonds. The Kier molecular flexibility index (Phi) is 4.26. The predicted octanol–water partition coefficient (Wildman–Crippen LogP) is 4.75. The van der Waals surface area contributed by atoms with Crippen molar-refractivity contribution < 1.29 is 5.11 Å². The van der Waals surface area contributed by atoms with E-state index in [1.165, 1.54) is 0 Å². The zero-order valence-electron chi connectivity index (χ0n) is 12.8. The van der Waals surface area contributed by atoms with Gasteiger partial charge in [-0.1, -0.05) is 29.8 Å². The molecule has 0 unspecified atom stereocenters. The van der Waals surface area contributed by atoms with Crippen LogP contribution in [0.15, 0.2) is 55.1 Å². The molecule has 0 bridgehead atoms. The highest BCUT2D eigenvalue weighted by atomic mass is 35.5. The molecule has 2 aromatic carbocycles. The number of rotatable bonds is 5. The number of allylic oxidation sites excluding steroid dienone is 1. The second kappa shape index (κ2) is 6.34. The minimum Gasteiger partial charge on any atom is -0.508 e. The summed E-state index contributed by atoms with van der Waals surface area (Å²) in [6, 6.07) is 12.8. The second-order valence-corrected chi connectivity index (χ2v) is 5.83. The molecule has 1 aromatic heterocycles.